The number of nitrogens with one attached hydrogen (secondary N) is 2. The quantitative estimate of drug-likeness (QED) is 0.649. The number of carbonyl (C=O) groups is 1. The molecular weight excluding hydrogens is 449 g/mol. The Morgan fingerprint density at radius 2 is 1.70 bits per heavy atom. The van der Waals surface area contributed by atoms with Crippen LogP contribution in [-0.4, -0.2) is 34.6 Å². The summed E-state index contributed by atoms with van der Waals surface area (Å²) in [5.41, 5.74) is -1.22. The van der Waals surface area contributed by atoms with Crippen molar-refractivity contribution in [2.75, 3.05) is 19.5 Å². The van der Waals surface area contributed by atoms with Crippen LogP contribution in [0.1, 0.15) is 12.5 Å². The molecule has 1 amide bonds. The minimum Gasteiger partial charge on any atom is -0.495 e. The summed E-state index contributed by atoms with van der Waals surface area (Å²) in [6, 6.07) is 4.99. The van der Waals surface area contributed by atoms with Crippen LogP contribution in [0, 0.1) is 0 Å². The standard InChI is InChI=1S/C18H18ClF3N2O5S/c1-10(17(25)23-13-8-12(19)14(28-2)9-15(13)29-3)24-30(26,27)16-7-5-4-6-11(16)18(20,21)22/h4-10,24H,1-3H3,(H,23,25)/t10-/m0/s1. The number of carbonyl (C=O) groups excluding carboxylic acids is 1. The van der Waals surface area contributed by atoms with E-state index in [0.717, 1.165) is 18.2 Å². The van der Waals surface area contributed by atoms with Crippen LogP contribution in [0.2, 0.25) is 5.02 Å². The Kier molecular flexibility index (Phi) is 7.22. The van der Waals surface area contributed by atoms with E-state index >= 15 is 0 Å². The molecule has 2 rings (SSSR count). The van der Waals surface area contributed by atoms with Crippen molar-refractivity contribution in [3.8, 4) is 11.5 Å². The highest BCUT2D eigenvalue weighted by Gasteiger charge is 2.37. The predicted octanol–water partition coefficient (Wildman–Crippen LogP) is 3.68. The molecule has 0 heterocycles. The number of hydrogen-bond acceptors (Lipinski definition) is 5. The van der Waals surface area contributed by atoms with E-state index in [1.807, 2.05) is 4.72 Å². The van der Waals surface area contributed by atoms with Crippen LogP contribution < -0.4 is 19.5 Å². The molecule has 0 aliphatic heterocycles. The molecule has 2 N–H and O–H groups in total. The van der Waals surface area contributed by atoms with Gasteiger partial charge in [0.15, 0.2) is 0 Å². The van der Waals surface area contributed by atoms with Crippen molar-refractivity contribution in [1.82, 2.24) is 4.72 Å². The minimum atomic E-state index is -4.88. The Bertz CT molecular complexity index is 1040. The van der Waals surface area contributed by atoms with Gasteiger partial charge in [-0.3, -0.25) is 4.79 Å². The van der Waals surface area contributed by atoms with Gasteiger partial charge in [-0.15, -0.1) is 0 Å². The average Bonchev–Trinajstić information content (AvgIpc) is 2.67. The van der Waals surface area contributed by atoms with Crippen LogP contribution in [0.25, 0.3) is 0 Å². The van der Waals surface area contributed by atoms with E-state index in [0.29, 0.717) is 6.07 Å². The molecule has 0 aliphatic carbocycles. The summed E-state index contributed by atoms with van der Waals surface area (Å²) < 4.78 is 76.5. The smallest absolute Gasteiger partial charge is 0.417 e. The third-order valence-corrected chi connectivity index (χ3v) is 5.83. The number of hydrogen-bond donors (Lipinski definition) is 2. The topological polar surface area (TPSA) is 93.7 Å². The highest BCUT2D eigenvalue weighted by atomic mass is 35.5. The second-order valence-electron chi connectivity index (χ2n) is 6.01. The van der Waals surface area contributed by atoms with Gasteiger partial charge in [0, 0.05) is 6.07 Å². The second-order valence-corrected chi connectivity index (χ2v) is 8.10. The van der Waals surface area contributed by atoms with Gasteiger partial charge in [-0.1, -0.05) is 23.7 Å². The summed E-state index contributed by atoms with van der Waals surface area (Å²) >= 11 is 6.02. The number of alkyl halides is 3. The van der Waals surface area contributed by atoms with Crippen molar-refractivity contribution < 1.29 is 35.9 Å². The molecule has 2 aromatic carbocycles. The summed E-state index contributed by atoms with van der Waals surface area (Å²) in [5, 5.41) is 2.57. The van der Waals surface area contributed by atoms with E-state index in [1.165, 1.54) is 33.3 Å². The number of sulfonamides is 1. The van der Waals surface area contributed by atoms with Crippen LogP contribution in [0.3, 0.4) is 0 Å². The van der Waals surface area contributed by atoms with E-state index in [4.69, 9.17) is 21.1 Å². The van der Waals surface area contributed by atoms with Gasteiger partial charge in [-0.2, -0.15) is 17.9 Å². The van der Waals surface area contributed by atoms with E-state index in [1.54, 1.807) is 0 Å². The zero-order chi connectivity index (χ0) is 22.7. The fraction of sp³-hybridized carbons (Fsp3) is 0.278. The Hall–Kier alpha value is -2.50. The zero-order valence-electron chi connectivity index (χ0n) is 16.0. The van der Waals surface area contributed by atoms with Crippen LogP contribution in [0.15, 0.2) is 41.3 Å². The van der Waals surface area contributed by atoms with Crippen LogP contribution in [-0.2, 0) is 21.0 Å². The number of rotatable bonds is 7. The summed E-state index contributed by atoms with van der Waals surface area (Å²) in [4.78, 5) is 11.5. The minimum absolute atomic E-state index is 0.120. The van der Waals surface area contributed by atoms with E-state index in [2.05, 4.69) is 5.32 Å². The molecule has 1 atom stereocenters. The largest absolute Gasteiger partial charge is 0.495 e. The molecule has 0 unspecified atom stereocenters. The summed E-state index contributed by atoms with van der Waals surface area (Å²) in [7, 11) is -1.94. The lowest BCUT2D eigenvalue weighted by atomic mass is 10.2. The number of ether oxygens (including phenoxy) is 2. The maximum absolute atomic E-state index is 13.1. The van der Waals surface area contributed by atoms with Crippen LogP contribution in [0.5, 0.6) is 11.5 Å². The predicted molar refractivity (Wildman–Crippen MR) is 104 cm³/mol. The monoisotopic (exact) mass is 466 g/mol. The number of methoxy groups -OCH3 is 2. The first-order valence-corrected chi connectivity index (χ1v) is 10.2. The van der Waals surface area contributed by atoms with Gasteiger partial charge in [0.1, 0.15) is 11.5 Å². The Morgan fingerprint density at radius 3 is 2.27 bits per heavy atom. The van der Waals surface area contributed by atoms with Gasteiger partial charge in [0.25, 0.3) is 0 Å². The third kappa shape index (κ3) is 5.35. The molecule has 164 valence electrons. The normalized spacial score (nSPS) is 12.9. The molecule has 7 nitrogen and oxygen atoms in total. The molecule has 0 spiro atoms. The first-order chi connectivity index (χ1) is 13.9. The fourth-order valence-electron chi connectivity index (χ4n) is 2.48. The molecule has 0 saturated heterocycles. The molecule has 0 saturated carbocycles. The molecular formula is C18H18ClF3N2O5S. The van der Waals surface area contributed by atoms with E-state index in [-0.39, 0.29) is 22.2 Å². The van der Waals surface area contributed by atoms with Crippen LogP contribution >= 0.6 is 11.6 Å². The molecule has 0 aliphatic rings. The summed E-state index contributed by atoms with van der Waals surface area (Å²) in [6.45, 7) is 1.18. The van der Waals surface area contributed by atoms with Crippen molar-refractivity contribution in [3.63, 3.8) is 0 Å². The maximum atomic E-state index is 13.1. The lowest BCUT2D eigenvalue weighted by Crippen LogP contribution is -2.42. The molecule has 12 heteroatoms. The molecule has 0 radical (unpaired) electrons. The second kappa shape index (κ2) is 9.11. The van der Waals surface area contributed by atoms with Gasteiger partial charge in [-0.05, 0) is 25.1 Å². The highest BCUT2D eigenvalue weighted by Crippen LogP contribution is 2.36. The van der Waals surface area contributed by atoms with Crippen molar-refractivity contribution in [2.45, 2.75) is 24.0 Å². The Morgan fingerprint density at radius 1 is 1.10 bits per heavy atom. The van der Waals surface area contributed by atoms with Crippen molar-refractivity contribution in [1.29, 1.82) is 0 Å². The van der Waals surface area contributed by atoms with E-state index in [9.17, 15) is 26.4 Å². The van der Waals surface area contributed by atoms with Gasteiger partial charge in [0.05, 0.1) is 41.4 Å². The summed E-state index contributed by atoms with van der Waals surface area (Å²) in [6.07, 6.45) is -4.88. The lowest BCUT2D eigenvalue weighted by molar-refractivity contribution is -0.139. The van der Waals surface area contributed by atoms with Gasteiger partial charge < -0.3 is 14.8 Å². The first kappa shape index (κ1) is 23.8. The molecule has 0 aromatic heterocycles. The van der Waals surface area contributed by atoms with Gasteiger partial charge >= 0.3 is 6.18 Å². The van der Waals surface area contributed by atoms with Gasteiger partial charge in [0.2, 0.25) is 15.9 Å². The fourth-order valence-corrected chi connectivity index (χ4v) is 4.15. The molecule has 2 aromatic rings. The molecule has 0 bridgehead atoms. The Balaban J connectivity index is 2.26. The van der Waals surface area contributed by atoms with Crippen molar-refractivity contribution in [2.24, 2.45) is 0 Å². The SMILES string of the molecule is COc1cc(OC)c(NC(=O)[C@H](C)NS(=O)(=O)c2ccccc2C(F)(F)F)cc1Cl. The number of halogens is 4. The van der Waals surface area contributed by atoms with Gasteiger partial charge in [-0.25, -0.2) is 8.42 Å². The average molecular weight is 467 g/mol. The number of benzene rings is 2. The molecule has 0 fully saturated rings. The lowest BCUT2D eigenvalue weighted by Gasteiger charge is -2.18. The summed E-state index contributed by atoms with van der Waals surface area (Å²) in [5.74, 6) is -0.381. The maximum Gasteiger partial charge on any atom is 0.417 e. The molecule has 30 heavy (non-hydrogen) atoms. The van der Waals surface area contributed by atoms with Crippen molar-refractivity contribution in [3.05, 3.63) is 47.0 Å². The van der Waals surface area contributed by atoms with Crippen molar-refractivity contribution >= 4 is 33.2 Å². The van der Waals surface area contributed by atoms with E-state index < -0.39 is 38.6 Å². The number of amides is 1. The zero-order valence-corrected chi connectivity index (χ0v) is 17.6. The third-order valence-electron chi connectivity index (χ3n) is 3.94. The Labute approximate surface area is 176 Å². The first-order valence-electron chi connectivity index (χ1n) is 8.31. The highest BCUT2D eigenvalue weighted by molar-refractivity contribution is 7.89. The number of anilines is 1. The van der Waals surface area contributed by atoms with Crippen LogP contribution in [0.4, 0.5) is 18.9 Å².